The Morgan fingerprint density at radius 1 is 0.970 bits per heavy atom. The summed E-state index contributed by atoms with van der Waals surface area (Å²) in [7, 11) is 4.07. The first-order valence-electron chi connectivity index (χ1n) is 11.6. The number of aryl methyl sites for hydroxylation is 2. The maximum Gasteiger partial charge on any atom is 0.277 e. The molecule has 2 aliphatic rings. The highest BCUT2D eigenvalue weighted by atomic mass is 16.5. The smallest absolute Gasteiger partial charge is 0.277 e. The molecule has 0 N–H and O–H groups in total. The van der Waals surface area contributed by atoms with Crippen LogP contribution in [0.25, 0.3) is 5.57 Å². The van der Waals surface area contributed by atoms with E-state index < -0.39 is 0 Å². The Morgan fingerprint density at radius 2 is 1.61 bits per heavy atom. The van der Waals surface area contributed by atoms with Crippen LogP contribution in [0.2, 0.25) is 0 Å². The Kier molecular flexibility index (Phi) is 6.84. The first-order chi connectivity index (χ1) is 15.8. The average Bonchev–Trinajstić information content (AvgIpc) is 3.04. The molecule has 0 aromatic heterocycles. The van der Waals surface area contributed by atoms with E-state index in [0.717, 1.165) is 48.4 Å². The number of nitrogens with zero attached hydrogens (tertiary/aromatic N) is 3. The second-order valence-corrected chi connectivity index (χ2v) is 9.17. The van der Waals surface area contributed by atoms with E-state index in [4.69, 9.17) is 4.74 Å². The van der Waals surface area contributed by atoms with Crippen LogP contribution in [-0.4, -0.2) is 72.9 Å². The molecule has 0 bridgehead atoms. The van der Waals surface area contributed by atoms with Crippen LogP contribution in [0, 0.1) is 13.8 Å². The maximum absolute atomic E-state index is 13.5. The molecule has 0 unspecified atom stereocenters. The molecule has 4 rings (SSSR count). The fourth-order valence-corrected chi connectivity index (χ4v) is 4.79. The summed E-state index contributed by atoms with van der Waals surface area (Å²) in [4.78, 5) is 32.7. The zero-order valence-electron chi connectivity index (χ0n) is 20.0. The van der Waals surface area contributed by atoms with Gasteiger partial charge in [0, 0.05) is 13.1 Å². The van der Waals surface area contributed by atoms with Gasteiger partial charge in [-0.1, -0.05) is 36.4 Å². The van der Waals surface area contributed by atoms with E-state index in [-0.39, 0.29) is 31.0 Å². The third kappa shape index (κ3) is 4.96. The molecule has 0 radical (unpaired) electrons. The number of ether oxygens (including phenoxy) is 1. The van der Waals surface area contributed by atoms with Gasteiger partial charge in [-0.2, -0.15) is 0 Å². The molecule has 33 heavy (non-hydrogen) atoms. The van der Waals surface area contributed by atoms with Gasteiger partial charge in [0.2, 0.25) is 0 Å². The van der Waals surface area contributed by atoms with E-state index in [2.05, 4.69) is 18.0 Å². The van der Waals surface area contributed by atoms with Crippen molar-refractivity contribution in [3.63, 3.8) is 0 Å². The second kappa shape index (κ2) is 9.79. The van der Waals surface area contributed by atoms with Crippen LogP contribution in [0.4, 0.5) is 0 Å². The quantitative estimate of drug-likeness (QED) is 0.608. The van der Waals surface area contributed by atoms with Crippen molar-refractivity contribution in [2.75, 3.05) is 40.3 Å². The third-order valence-electron chi connectivity index (χ3n) is 6.57. The van der Waals surface area contributed by atoms with Gasteiger partial charge in [0.1, 0.15) is 18.1 Å². The lowest BCUT2D eigenvalue weighted by Gasteiger charge is -2.36. The van der Waals surface area contributed by atoms with Gasteiger partial charge in [-0.15, -0.1) is 0 Å². The van der Waals surface area contributed by atoms with Crippen LogP contribution in [0.1, 0.15) is 29.5 Å². The zero-order chi connectivity index (χ0) is 23.5. The average molecular weight is 448 g/mol. The number of carbonyl (C=O) groups is 2. The summed E-state index contributed by atoms with van der Waals surface area (Å²) in [5, 5.41) is 0. The molecule has 0 spiro atoms. The number of rotatable bonds is 7. The summed E-state index contributed by atoms with van der Waals surface area (Å²) in [6.45, 7) is 6.49. The van der Waals surface area contributed by atoms with E-state index >= 15 is 0 Å². The van der Waals surface area contributed by atoms with Crippen molar-refractivity contribution in [1.82, 2.24) is 14.7 Å². The number of piperidine rings is 1. The molecule has 2 aromatic rings. The normalized spacial score (nSPS) is 17.8. The molecule has 0 saturated carbocycles. The molecule has 0 atom stereocenters. The molecule has 1 fully saturated rings. The SMILES string of the molecule is Cc1cc(C)cc(OCCN2C(=O)C(c3ccccc3)=C(N(C)C3CCN(C)CC3)C2=O)c1. The number of likely N-dealkylation sites (N-methyl/N-ethyl adjacent to an activating group) is 1. The van der Waals surface area contributed by atoms with Gasteiger partial charge in [0.05, 0.1) is 12.1 Å². The molecule has 174 valence electrons. The van der Waals surface area contributed by atoms with E-state index in [1.54, 1.807) is 0 Å². The Balaban J connectivity index is 1.55. The number of hydrogen-bond acceptors (Lipinski definition) is 5. The number of amides is 2. The predicted molar refractivity (Wildman–Crippen MR) is 130 cm³/mol. The standard InChI is InChI=1S/C27H33N3O3/c1-19-16-20(2)18-23(17-19)33-15-14-30-26(31)24(21-8-6-5-7-9-21)25(27(30)32)29(4)22-10-12-28(3)13-11-22/h5-9,16-18,22H,10-15H2,1-4H3. The summed E-state index contributed by atoms with van der Waals surface area (Å²) >= 11 is 0. The van der Waals surface area contributed by atoms with E-state index in [1.807, 2.05) is 68.3 Å². The number of benzene rings is 2. The topological polar surface area (TPSA) is 53.1 Å². The second-order valence-electron chi connectivity index (χ2n) is 9.17. The number of imide groups is 1. The molecule has 6 nitrogen and oxygen atoms in total. The van der Waals surface area contributed by atoms with Crippen molar-refractivity contribution in [3.8, 4) is 5.75 Å². The number of carbonyl (C=O) groups excluding carboxylic acids is 2. The highest BCUT2D eigenvalue weighted by Crippen LogP contribution is 2.33. The number of hydrogen-bond donors (Lipinski definition) is 0. The molecule has 2 aromatic carbocycles. The molecule has 2 amide bonds. The van der Waals surface area contributed by atoms with Crippen LogP contribution in [0.3, 0.4) is 0 Å². The summed E-state index contributed by atoms with van der Waals surface area (Å²) in [6, 6.07) is 15.8. The highest BCUT2D eigenvalue weighted by molar-refractivity contribution is 6.35. The first-order valence-corrected chi connectivity index (χ1v) is 11.6. The van der Waals surface area contributed by atoms with E-state index in [9.17, 15) is 9.59 Å². The monoisotopic (exact) mass is 447 g/mol. The molecule has 0 aliphatic carbocycles. The summed E-state index contributed by atoms with van der Waals surface area (Å²) in [5.41, 5.74) is 4.02. The summed E-state index contributed by atoms with van der Waals surface area (Å²) in [6.07, 6.45) is 1.94. The maximum atomic E-state index is 13.5. The first kappa shape index (κ1) is 23.1. The van der Waals surface area contributed by atoms with Gasteiger partial charge < -0.3 is 14.5 Å². The Bertz CT molecular complexity index is 1040. The van der Waals surface area contributed by atoms with Crippen LogP contribution in [0.15, 0.2) is 54.2 Å². The van der Waals surface area contributed by atoms with Gasteiger partial charge >= 0.3 is 0 Å². The van der Waals surface area contributed by atoms with Gasteiger partial charge in [0.25, 0.3) is 11.8 Å². The minimum Gasteiger partial charge on any atom is -0.492 e. The van der Waals surface area contributed by atoms with Gasteiger partial charge in [-0.3, -0.25) is 14.5 Å². The van der Waals surface area contributed by atoms with E-state index in [1.165, 1.54) is 4.90 Å². The molecular weight excluding hydrogens is 414 g/mol. The fourth-order valence-electron chi connectivity index (χ4n) is 4.79. The van der Waals surface area contributed by atoms with Crippen molar-refractivity contribution in [2.24, 2.45) is 0 Å². The summed E-state index contributed by atoms with van der Waals surface area (Å²) in [5.74, 6) is 0.279. The highest BCUT2D eigenvalue weighted by Gasteiger charge is 2.42. The minimum absolute atomic E-state index is 0.214. The number of likely N-dealkylation sites (tertiary alicyclic amines) is 1. The predicted octanol–water partition coefficient (Wildman–Crippen LogP) is 3.49. The fraction of sp³-hybridized carbons (Fsp3) is 0.407. The van der Waals surface area contributed by atoms with Gasteiger partial charge in [-0.05, 0) is 75.6 Å². The largest absolute Gasteiger partial charge is 0.492 e. The van der Waals surface area contributed by atoms with Crippen LogP contribution < -0.4 is 4.74 Å². The summed E-state index contributed by atoms with van der Waals surface area (Å²) < 4.78 is 5.91. The lowest BCUT2D eigenvalue weighted by molar-refractivity contribution is -0.138. The van der Waals surface area contributed by atoms with Crippen molar-refractivity contribution in [3.05, 3.63) is 70.9 Å². The van der Waals surface area contributed by atoms with Crippen LogP contribution >= 0.6 is 0 Å². The molecule has 6 heteroatoms. The van der Waals surface area contributed by atoms with E-state index in [0.29, 0.717) is 11.3 Å². The molecule has 2 heterocycles. The Morgan fingerprint density at radius 3 is 2.24 bits per heavy atom. The van der Waals surface area contributed by atoms with Crippen molar-refractivity contribution < 1.29 is 14.3 Å². The van der Waals surface area contributed by atoms with Gasteiger partial charge in [-0.25, -0.2) is 0 Å². The van der Waals surface area contributed by atoms with Crippen molar-refractivity contribution in [2.45, 2.75) is 32.7 Å². The third-order valence-corrected chi connectivity index (χ3v) is 6.57. The zero-order valence-corrected chi connectivity index (χ0v) is 20.0. The molecule has 1 saturated heterocycles. The lowest BCUT2D eigenvalue weighted by Crippen LogP contribution is -2.44. The van der Waals surface area contributed by atoms with Gasteiger partial charge in [0.15, 0.2) is 0 Å². The molecular formula is C27H33N3O3. The minimum atomic E-state index is -0.245. The van der Waals surface area contributed by atoms with Crippen molar-refractivity contribution in [1.29, 1.82) is 0 Å². The van der Waals surface area contributed by atoms with Crippen LogP contribution in [-0.2, 0) is 9.59 Å². The lowest BCUT2D eigenvalue weighted by atomic mass is 10.0. The van der Waals surface area contributed by atoms with Crippen LogP contribution in [0.5, 0.6) is 5.75 Å². The van der Waals surface area contributed by atoms with Crippen molar-refractivity contribution >= 4 is 17.4 Å². The Labute approximate surface area is 196 Å². The molecule has 2 aliphatic heterocycles. The Hall–Kier alpha value is -3.12.